The lowest BCUT2D eigenvalue weighted by atomic mass is 10.1. The largest absolute Gasteiger partial charge is 0.403 e. The first-order valence-corrected chi connectivity index (χ1v) is 12.0. The van der Waals surface area contributed by atoms with E-state index >= 15 is 0 Å². The highest BCUT2D eigenvalue weighted by Gasteiger charge is 2.23. The molecule has 0 saturated heterocycles. The lowest BCUT2D eigenvalue weighted by Gasteiger charge is -2.21. The zero-order chi connectivity index (χ0) is 23.3. The molecule has 32 heavy (non-hydrogen) atoms. The zero-order valence-electron chi connectivity index (χ0n) is 18.8. The van der Waals surface area contributed by atoms with Crippen molar-refractivity contribution in [3.8, 4) is 11.5 Å². The average Bonchev–Trinajstić information content (AvgIpc) is 3.21. The number of rotatable bonds is 9. The summed E-state index contributed by atoms with van der Waals surface area (Å²) in [6.07, 6.45) is 1.46. The van der Waals surface area contributed by atoms with Crippen molar-refractivity contribution >= 4 is 21.9 Å². The molecule has 1 N–H and O–H groups in total. The Morgan fingerprint density at radius 2 is 1.56 bits per heavy atom. The Hall–Kier alpha value is -3.04. The number of hydrogen-bond acceptors (Lipinski definition) is 6. The highest BCUT2D eigenvalue weighted by atomic mass is 32.2. The number of carbonyl (C=O) groups excluding carboxylic acids is 1. The molecular weight excluding hydrogens is 428 g/mol. The Labute approximate surface area is 188 Å². The average molecular weight is 457 g/mol. The molecule has 0 spiro atoms. The van der Waals surface area contributed by atoms with Gasteiger partial charge < -0.3 is 4.42 Å². The molecule has 0 aliphatic heterocycles. The van der Waals surface area contributed by atoms with Gasteiger partial charge in [-0.05, 0) is 63.1 Å². The Morgan fingerprint density at radius 1 is 0.969 bits per heavy atom. The van der Waals surface area contributed by atoms with Gasteiger partial charge in [-0.3, -0.25) is 10.1 Å². The third-order valence-electron chi connectivity index (χ3n) is 4.81. The van der Waals surface area contributed by atoms with Crippen molar-refractivity contribution in [1.29, 1.82) is 0 Å². The first-order valence-electron chi connectivity index (χ1n) is 10.6. The highest BCUT2D eigenvalue weighted by molar-refractivity contribution is 7.89. The maximum atomic E-state index is 12.9. The van der Waals surface area contributed by atoms with Crippen LogP contribution in [0.3, 0.4) is 0 Å². The number of hydrogen-bond donors (Lipinski definition) is 1. The number of anilines is 1. The van der Waals surface area contributed by atoms with Crippen LogP contribution in [-0.4, -0.2) is 41.9 Å². The van der Waals surface area contributed by atoms with E-state index in [1.165, 1.54) is 28.6 Å². The SMILES string of the molecule is CCCN(CCC)S(=O)(=O)c1ccc(C(=O)Nc2nnc(-c3cc(C)cc(C)c3)o2)cc1. The molecule has 1 amide bonds. The molecule has 0 aliphatic rings. The quantitative estimate of drug-likeness (QED) is 0.511. The van der Waals surface area contributed by atoms with Gasteiger partial charge in [0.05, 0.1) is 4.90 Å². The molecule has 2 aromatic carbocycles. The van der Waals surface area contributed by atoms with Crippen LogP contribution in [-0.2, 0) is 10.0 Å². The second kappa shape index (κ2) is 10.1. The summed E-state index contributed by atoms with van der Waals surface area (Å²) in [4.78, 5) is 12.7. The van der Waals surface area contributed by atoms with Crippen molar-refractivity contribution < 1.29 is 17.6 Å². The molecule has 0 fully saturated rings. The number of aryl methyl sites for hydroxylation is 2. The molecular formula is C23H28N4O4S. The van der Waals surface area contributed by atoms with Gasteiger partial charge in [0.15, 0.2) is 0 Å². The third-order valence-corrected chi connectivity index (χ3v) is 6.73. The van der Waals surface area contributed by atoms with E-state index < -0.39 is 15.9 Å². The fourth-order valence-electron chi connectivity index (χ4n) is 3.44. The maximum Gasteiger partial charge on any atom is 0.322 e. The summed E-state index contributed by atoms with van der Waals surface area (Å²) in [5.74, 6) is -0.163. The van der Waals surface area contributed by atoms with Crippen molar-refractivity contribution in [2.75, 3.05) is 18.4 Å². The molecule has 0 saturated carbocycles. The number of nitrogens with zero attached hydrogens (tertiary/aromatic N) is 3. The van der Waals surface area contributed by atoms with Gasteiger partial charge in [-0.1, -0.05) is 36.1 Å². The van der Waals surface area contributed by atoms with Gasteiger partial charge in [-0.25, -0.2) is 8.42 Å². The lowest BCUT2D eigenvalue weighted by molar-refractivity contribution is 0.102. The van der Waals surface area contributed by atoms with Crippen molar-refractivity contribution in [1.82, 2.24) is 14.5 Å². The minimum atomic E-state index is -3.60. The monoisotopic (exact) mass is 456 g/mol. The number of benzene rings is 2. The second-order valence-electron chi connectivity index (χ2n) is 7.67. The minimum Gasteiger partial charge on any atom is -0.403 e. The Balaban J connectivity index is 1.73. The fraction of sp³-hybridized carbons (Fsp3) is 0.348. The highest BCUT2D eigenvalue weighted by Crippen LogP contribution is 2.23. The number of nitrogens with one attached hydrogen (secondary N) is 1. The second-order valence-corrected chi connectivity index (χ2v) is 9.61. The van der Waals surface area contributed by atoms with E-state index in [0.29, 0.717) is 19.0 Å². The van der Waals surface area contributed by atoms with Crippen LogP contribution in [0, 0.1) is 13.8 Å². The van der Waals surface area contributed by atoms with Crippen LogP contribution >= 0.6 is 0 Å². The standard InChI is InChI=1S/C23H28N4O4S/c1-5-11-27(12-6-2)32(29,30)20-9-7-18(8-10-20)21(28)24-23-26-25-22(31-23)19-14-16(3)13-17(4)15-19/h7-10,13-15H,5-6,11-12H2,1-4H3,(H,24,26,28). The van der Waals surface area contributed by atoms with E-state index in [-0.39, 0.29) is 16.5 Å². The van der Waals surface area contributed by atoms with Gasteiger partial charge in [-0.2, -0.15) is 4.31 Å². The lowest BCUT2D eigenvalue weighted by Crippen LogP contribution is -2.32. The van der Waals surface area contributed by atoms with Gasteiger partial charge in [0.25, 0.3) is 5.91 Å². The third kappa shape index (κ3) is 5.41. The van der Waals surface area contributed by atoms with Gasteiger partial charge in [0.1, 0.15) is 0 Å². The molecule has 9 heteroatoms. The molecule has 3 rings (SSSR count). The molecule has 3 aromatic rings. The van der Waals surface area contributed by atoms with Gasteiger partial charge >= 0.3 is 6.01 Å². The van der Waals surface area contributed by atoms with Crippen molar-refractivity contribution in [2.45, 2.75) is 45.4 Å². The van der Waals surface area contributed by atoms with Crippen molar-refractivity contribution in [2.24, 2.45) is 0 Å². The van der Waals surface area contributed by atoms with E-state index in [9.17, 15) is 13.2 Å². The Bertz CT molecular complexity index is 1160. The number of amides is 1. The fourth-order valence-corrected chi connectivity index (χ4v) is 5.06. The number of carbonyl (C=O) groups is 1. The summed E-state index contributed by atoms with van der Waals surface area (Å²) in [7, 11) is -3.60. The molecule has 170 valence electrons. The van der Waals surface area contributed by atoms with Crippen LogP contribution in [0.15, 0.2) is 51.8 Å². The summed E-state index contributed by atoms with van der Waals surface area (Å²) in [6.45, 7) is 8.74. The predicted molar refractivity (Wildman–Crippen MR) is 123 cm³/mol. The summed E-state index contributed by atoms with van der Waals surface area (Å²) in [6, 6.07) is 11.7. The van der Waals surface area contributed by atoms with Gasteiger partial charge in [0.2, 0.25) is 15.9 Å². The molecule has 1 aromatic heterocycles. The van der Waals surface area contributed by atoms with Crippen LogP contribution < -0.4 is 5.32 Å². The first-order chi connectivity index (χ1) is 15.2. The molecule has 8 nitrogen and oxygen atoms in total. The van der Waals surface area contributed by atoms with E-state index in [1.807, 2.05) is 45.9 Å². The smallest absolute Gasteiger partial charge is 0.322 e. The normalized spacial score (nSPS) is 11.7. The number of sulfonamides is 1. The Morgan fingerprint density at radius 3 is 2.12 bits per heavy atom. The van der Waals surface area contributed by atoms with Gasteiger partial charge in [0, 0.05) is 24.2 Å². The molecule has 0 aliphatic carbocycles. The van der Waals surface area contributed by atoms with Crippen molar-refractivity contribution in [3.63, 3.8) is 0 Å². The van der Waals surface area contributed by atoms with E-state index in [0.717, 1.165) is 29.5 Å². The van der Waals surface area contributed by atoms with E-state index in [2.05, 4.69) is 15.5 Å². The minimum absolute atomic E-state index is 0.0297. The van der Waals surface area contributed by atoms with Gasteiger partial charge in [-0.15, -0.1) is 5.10 Å². The van der Waals surface area contributed by atoms with Crippen LogP contribution in [0.4, 0.5) is 6.01 Å². The Kier molecular flexibility index (Phi) is 7.42. The van der Waals surface area contributed by atoms with Crippen molar-refractivity contribution in [3.05, 3.63) is 59.2 Å². The molecule has 0 radical (unpaired) electrons. The van der Waals surface area contributed by atoms with Crippen LogP contribution in [0.25, 0.3) is 11.5 Å². The molecule has 1 heterocycles. The van der Waals surface area contributed by atoms with Crippen LogP contribution in [0.5, 0.6) is 0 Å². The predicted octanol–water partition coefficient (Wildman–Crippen LogP) is 4.42. The molecule has 0 bridgehead atoms. The van der Waals surface area contributed by atoms with E-state index in [4.69, 9.17) is 4.42 Å². The summed E-state index contributed by atoms with van der Waals surface area (Å²) < 4.78 is 32.8. The number of aromatic nitrogens is 2. The van der Waals surface area contributed by atoms with E-state index in [1.54, 1.807) is 0 Å². The topological polar surface area (TPSA) is 105 Å². The zero-order valence-corrected chi connectivity index (χ0v) is 19.6. The summed E-state index contributed by atoms with van der Waals surface area (Å²) >= 11 is 0. The summed E-state index contributed by atoms with van der Waals surface area (Å²) in [5.41, 5.74) is 3.19. The van der Waals surface area contributed by atoms with Crippen LogP contribution in [0.1, 0.15) is 48.2 Å². The molecule has 0 atom stereocenters. The summed E-state index contributed by atoms with van der Waals surface area (Å²) in [5, 5.41) is 10.4. The maximum absolute atomic E-state index is 12.9. The molecule has 0 unspecified atom stereocenters. The first kappa shape index (κ1) is 23.6. The van der Waals surface area contributed by atoms with Crippen LogP contribution in [0.2, 0.25) is 0 Å².